The Kier molecular flexibility index (Phi) is 3.63. The third-order valence-corrected chi connectivity index (χ3v) is 5.72. The molecule has 1 N–H and O–H groups in total. The van der Waals surface area contributed by atoms with Crippen molar-refractivity contribution < 1.29 is 4.79 Å². The third kappa shape index (κ3) is 2.54. The van der Waals surface area contributed by atoms with Crippen molar-refractivity contribution >= 4 is 59.0 Å². The topological polar surface area (TPSA) is 29.1 Å². The lowest BCUT2D eigenvalue weighted by atomic mass is 10.1. The van der Waals surface area contributed by atoms with E-state index in [1.54, 1.807) is 11.3 Å². The van der Waals surface area contributed by atoms with Gasteiger partial charge in [-0.05, 0) is 46.3 Å². The number of benzene rings is 3. The van der Waals surface area contributed by atoms with Gasteiger partial charge < -0.3 is 5.32 Å². The van der Waals surface area contributed by atoms with Gasteiger partial charge in [0.05, 0.1) is 10.2 Å². The molecular weight excluding hydrogens is 370 g/mol. The van der Waals surface area contributed by atoms with Crippen LogP contribution in [0.25, 0.3) is 20.2 Å². The molecule has 3 aromatic carbocycles. The van der Waals surface area contributed by atoms with Crippen molar-refractivity contribution in [2.24, 2.45) is 0 Å². The van der Waals surface area contributed by atoms with E-state index >= 15 is 0 Å². The van der Waals surface area contributed by atoms with Crippen LogP contribution in [0.5, 0.6) is 0 Å². The fraction of sp³-hybridized carbons (Fsp3) is 0. The molecule has 1 heterocycles. The Morgan fingerprint density at radius 3 is 2.43 bits per heavy atom. The predicted molar refractivity (Wildman–Crippen MR) is 101 cm³/mol. The Morgan fingerprint density at radius 1 is 0.870 bits per heavy atom. The number of hydrogen-bond donors (Lipinski definition) is 1. The highest BCUT2D eigenvalue weighted by atomic mass is 79.9. The molecule has 0 aliphatic rings. The van der Waals surface area contributed by atoms with Crippen molar-refractivity contribution in [1.29, 1.82) is 0 Å². The summed E-state index contributed by atoms with van der Waals surface area (Å²) in [5.74, 6) is -0.106. The average molecular weight is 382 g/mol. The van der Waals surface area contributed by atoms with Gasteiger partial charge in [-0.2, -0.15) is 0 Å². The van der Waals surface area contributed by atoms with Gasteiger partial charge in [0.15, 0.2) is 0 Å². The second-order valence-corrected chi connectivity index (χ2v) is 7.10. The average Bonchev–Trinajstić information content (AvgIpc) is 2.97. The number of hydrogen-bond acceptors (Lipinski definition) is 2. The molecule has 4 aromatic rings. The quantitative estimate of drug-likeness (QED) is 0.448. The van der Waals surface area contributed by atoms with E-state index in [4.69, 9.17) is 0 Å². The molecule has 0 radical (unpaired) electrons. The number of carbonyl (C=O) groups excluding carboxylic acids is 1. The van der Waals surface area contributed by atoms with E-state index in [-0.39, 0.29) is 5.91 Å². The summed E-state index contributed by atoms with van der Waals surface area (Å²) in [4.78, 5) is 12.4. The maximum atomic E-state index is 12.4. The normalized spacial score (nSPS) is 11.0. The van der Waals surface area contributed by atoms with Crippen molar-refractivity contribution in [3.05, 3.63) is 76.8 Å². The van der Waals surface area contributed by atoms with Crippen LogP contribution in [0.4, 0.5) is 5.69 Å². The molecule has 0 fully saturated rings. The molecule has 0 saturated carbocycles. The second kappa shape index (κ2) is 5.80. The van der Waals surface area contributed by atoms with Gasteiger partial charge in [0.25, 0.3) is 5.91 Å². The van der Waals surface area contributed by atoms with Gasteiger partial charge >= 0.3 is 0 Å². The predicted octanol–water partition coefficient (Wildman–Crippen LogP) is 6.07. The fourth-order valence-corrected chi connectivity index (χ4v) is 4.56. The molecule has 0 saturated heterocycles. The molecule has 112 valence electrons. The zero-order chi connectivity index (χ0) is 15.8. The largest absolute Gasteiger partial charge is 0.321 e. The van der Waals surface area contributed by atoms with Gasteiger partial charge in [-0.25, -0.2) is 0 Å². The SMILES string of the molecule is O=C(Nc1ccc2sc3ccccc3c2c1Br)c1ccccc1. The minimum atomic E-state index is -0.106. The van der Waals surface area contributed by atoms with Gasteiger partial charge in [0.1, 0.15) is 0 Å². The maximum absolute atomic E-state index is 12.4. The van der Waals surface area contributed by atoms with Crippen LogP contribution in [0.2, 0.25) is 0 Å². The molecule has 4 rings (SSSR count). The first-order chi connectivity index (χ1) is 11.2. The van der Waals surface area contributed by atoms with Crippen LogP contribution >= 0.6 is 27.3 Å². The summed E-state index contributed by atoms with van der Waals surface area (Å²) < 4.78 is 3.38. The summed E-state index contributed by atoms with van der Waals surface area (Å²) in [7, 11) is 0. The molecule has 0 atom stereocenters. The van der Waals surface area contributed by atoms with Gasteiger partial charge in [-0.15, -0.1) is 11.3 Å². The fourth-order valence-electron chi connectivity index (χ4n) is 2.66. The number of amides is 1. The molecular formula is C19H12BrNOS. The van der Waals surface area contributed by atoms with Crippen molar-refractivity contribution in [2.75, 3.05) is 5.32 Å². The minimum Gasteiger partial charge on any atom is -0.321 e. The maximum Gasteiger partial charge on any atom is 0.255 e. The lowest BCUT2D eigenvalue weighted by Crippen LogP contribution is -2.11. The molecule has 4 heteroatoms. The zero-order valence-electron chi connectivity index (χ0n) is 12.0. The first-order valence-electron chi connectivity index (χ1n) is 7.20. The molecule has 0 spiro atoms. The smallest absolute Gasteiger partial charge is 0.255 e. The highest BCUT2D eigenvalue weighted by molar-refractivity contribution is 9.10. The van der Waals surface area contributed by atoms with Crippen molar-refractivity contribution in [3.63, 3.8) is 0 Å². The molecule has 23 heavy (non-hydrogen) atoms. The van der Waals surface area contributed by atoms with Gasteiger partial charge in [-0.1, -0.05) is 36.4 Å². The highest BCUT2D eigenvalue weighted by Gasteiger charge is 2.13. The summed E-state index contributed by atoms with van der Waals surface area (Å²) >= 11 is 5.43. The van der Waals surface area contributed by atoms with Gasteiger partial charge in [0, 0.05) is 25.7 Å². The van der Waals surface area contributed by atoms with Crippen LogP contribution in [0, 0.1) is 0 Å². The number of carbonyl (C=O) groups is 1. The summed E-state index contributed by atoms with van der Waals surface area (Å²) in [6.07, 6.45) is 0. The number of rotatable bonds is 2. The van der Waals surface area contributed by atoms with E-state index in [9.17, 15) is 4.79 Å². The Bertz CT molecular complexity index is 1020. The van der Waals surface area contributed by atoms with E-state index in [2.05, 4.69) is 39.4 Å². The lowest BCUT2D eigenvalue weighted by molar-refractivity contribution is 0.102. The zero-order valence-corrected chi connectivity index (χ0v) is 14.4. The first-order valence-corrected chi connectivity index (χ1v) is 8.81. The van der Waals surface area contributed by atoms with Crippen LogP contribution in [-0.2, 0) is 0 Å². The molecule has 0 unspecified atom stereocenters. The number of nitrogens with one attached hydrogen (secondary N) is 1. The number of fused-ring (bicyclic) bond motifs is 3. The van der Waals surface area contributed by atoms with E-state index in [0.717, 1.165) is 15.5 Å². The summed E-state index contributed by atoms with van der Waals surface area (Å²) in [5.41, 5.74) is 1.43. The standard InChI is InChI=1S/C19H12BrNOS/c20-18-14(21-19(22)12-6-2-1-3-7-12)10-11-16-17(18)13-8-4-5-9-15(13)23-16/h1-11H,(H,21,22). The van der Waals surface area contributed by atoms with E-state index in [1.165, 1.54) is 14.8 Å². The molecule has 1 amide bonds. The Balaban J connectivity index is 1.80. The van der Waals surface area contributed by atoms with Crippen molar-refractivity contribution in [1.82, 2.24) is 0 Å². The van der Waals surface area contributed by atoms with E-state index in [0.29, 0.717) is 5.56 Å². The number of halogens is 1. The first kappa shape index (κ1) is 14.4. The van der Waals surface area contributed by atoms with E-state index < -0.39 is 0 Å². The molecule has 0 aliphatic heterocycles. The second-order valence-electron chi connectivity index (χ2n) is 5.22. The van der Waals surface area contributed by atoms with Gasteiger partial charge in [-0.3, -0.25) is 4.79 Å². The number of anilines is 1. The molecule has 0 bridgehead atoms. The summed E-state index contributed by atoms with van der Waals surface area (Å²) in [5, 5.41) is 5.35. The Labute approximate surface area is 145 Å². The number of thiophene rings is 1. The van der Waals surface area contributed by atoms with Crippen LogP contribution in [0.15, 0.2) is 71.2 Å². The van der Waals surface area contributed by atoms with Crippen molar-refractivity contribution in [3.8, 4) is 0 Å². The summed E-state index contributed by atoms with van der Waals surface area (Å²) in [6.45, 7) is 0. The third-order valence-electron chi connectivity index (χ3n) is 3.76. The Hall–Kier alpha value is -2.17. The lowest BCUT2D eigenvalue weighted by Gasteiger charge is -2.08. The Morgan fingerprint density at radius 2 is 1.61 bits per heavy atom. The van der Waals surface area contributed by atoms with Crippen LogP contribution in [-0.4, -0.2) is 5.91 Å². The van der Waals surface area contributed by atoms with Crippen molar-refractivity contribution in [2.45, 2.75) is 0 Å². The van der Waals surface area contributed by atoms with Crippen LogP contribution < -0.4 is 5.32 Å². The van der Waals surface area contributed by atoms with Crippen LogP contribution in [0.3, 0.4) is 0 Å². The molecule has 0 aliphatic carbocycles. The highest BCUT2D eigenvalue weighted by Crippen LogP contribution is 2.41. The van der Waals surface area contributed by atoms with Crippen LogP contribution in [0.1, 0.15) is 10.4 Å². The van der Waals surface area contributed by atoms with E-state index in [1.807, 2.05) is 48.5 Å². The molecule has 1 aromatic heterocycles. The monoisotopic (exact) mass is 381 g/mol. The summed E-state index contributed by atoms with van der Waals surface area (Å²) in [6, 6.07) is 21.6. The van der Waals surface area contributed by atoms with Gasteiger partial charge in [0.2, 0.25) is 0 Å². The molecule has 2 nitrogen and oxygen atoms in total. The minimum absolute atomic E-state index is 0.106.